The molecule has 132 valence electrons. The average Bonchev–Trinajstić information content (AvgIpc) is 2.62. The zero-order valence-corrected chi connectivity index (χ0v) is 14.7. The highest BCUT2D eigenvalue weighted by Gasteiger charge is 2.08. The fourth-order valence-corrected chi connectivity index (χ4v) is 2.16. The first-order valence-corrected chi connectivity index (χ1v) is 8.02. The number of amides is 1. The summed E-state index contributed by atoms with van der Waals surface area (Å²) in [5.74, 6) is 1.18. The quantitative estimate of drug-likeness (QED) is 0.597. The lowest BCUT2D eigenvalue weighted by molar-refractivity contribution is 0.171. The molecule has 0 saturated carbocycles. The number of ether oxygens (including phenoxy) is 3. The Hall–Kier alpha value is -2.73. The van der Waals surface area contributed by atoms with Crippen molar-refractivity contribution in [3.05, 3.63) is 58.6 Å². The first-order chi connectivity index (χ1) is 12.1. The largest absolute Gasteiger partial charge is 0.490 e. The van der Waals surface area contributed by atoms with E-state index in [2.05, 4.69) is 15.3 Å². The Labute approximate surface area is 151 Å². The second-order valence-corrected chi connectivity index (χ2v) is 5.29. The normalized spacial score (nSPS) is 10.5. The van der Waals surface area contributed by atoms with Crippen molar-refractivity contribution in [1.82, 2.24) is 5.43 Å². The molecule has 0 heterocycles. The van der Waals surface area contributed by atoms with E-state index in [4.69, 9.17) is 21.1 Å². The van der Waals surface area contributed by atoms with Gasteiger partial charge < -0.3 is 14.2 Å². The summed E-state index contributed by atoms with van der Waals surface area (Å²) in [6, 6.07) is 12.8. The highest BCUT2D eigenvalue weighted by Crippen LogP contribution is 2.29. The number of hydrogen-bond donors (Lipinski definition) is 1. The number of hydrogen-bond acceptors (Lipinski definition) is 5. The lowest BCUT2D eigenvalue weighted by Crippen LogP contribution is -2.16. The van der Waals surface area contributed by atoms with Gasteiger partial charge >= 0.3 is 6.09 Å². The van der Waals surface area contributed by atoms with Gasteiger partial charge in [0.05, 0.1) is 19.9 Å². The molecular formula is C18H19ClN2O4. The van der Waals surface area contributed by atoms with Crippen molar-refractivity contribution < 1.29 is 19.0 Å². The van der Waals surface area contributed by atoms with Gasteiger partial charge in [0.15, 0.2) is 11.5 Å². The van der Waals surface area contributed by atoms with E-state index < -0.39 is 6.09 Å². The van der Waals surface area contributed by atoms with Crippen molar-refractivity contribution in [2.45, 2.75) is 13.5 Å². The number of nitrogens with zero attached hydrogens (tertiary/aromatic N) is 1. The minimum atomic E-state index is -0.638. The second-order valence-electron chi connectivity index (χ2n) is 4.88. The monoisotopic (exact) mass is 362 g/mol. The lowest BCUT2D eigenvalue weighted by Gasteiger charge is -2.13. The van der Waals surface area contributed by atoms with Gasteiger partial charge in [-0.3, -0.25) is 0 Å². The molecule has 0 bridgehead atoms. The minimum absolute atomic E-state index is 0.330. The number of carbonyl (C=O) groups is 1. The molecule has 0 saturated heterocycles. The molecule has 6 nitrogen and oxygen atoms in total. The zero-order chi connectivity index (χ0) is 18.1. The molecule has 0 atom stereocenters. The summed E-state index contributed by atoms with van der Waals surface area (Å²) in [5.41, 5.74) is 3.85. The van der Waals surface area contributed by atoms with Crippen LogP contribution in [0.4, 0.5) is 4.79 Å². The lowest BCUT2D eigenvalue weighted by atomic mass is 10.2. The minimum Gasteiger partial charge on any atom is -0.490 e. The van der Waals surface area contributed by atoms with Crippen molar-refractivity contribution in [1.29, 1.82) is 0 Å². The number of carbonyl (C=O) groups excluding carboxylic acids is 1. The Bertz CT molecular complexity index is 750. The van der Waals surface area contributed by atoms with Crippen LogP contribution in [-0.2, 0) is 11.3 Å². The van der Waals surface area contributed by atoms with Crippen molar-refractivity contribution in [3.8, 4) is 11.5 Å². The predicted octanol–water partition coefficient (Wildman–Crippen LogP) is 4.01. The van der Waals surface area contributed by atoms with Crippen molar-refractivity contribution >= 4 is 23.9 Å². The molecule has 1 N–H and O–H groups in total. The Morgan fingerprint density at radius 3 is 2.72 bits per heavy atom. The molecule has 0 aromatic heterocycles. The van der Waals surface area contributed by atoms with Crippen LogP contribution < -0.4 is 14.9 Å². The number of methoxy groups -OCH3 is 1. The Morgan fingerprint density at radius 1 is 1.20 bits per heavy atom. The molecule has 0 aliphatic heterocycles. The summed E-state index contributed by atoms with van der Waals surface area (Å²) >= 11 is 6.14. The van der Waals surface area contributed by atoms with E-state index in [1.807, 2.05) is 31.2 Å². The highest BCUT2D eigenvalue weighted by atomic mass is 35.5. The van der Waals surface area contributed by atoms with E-state index in [0.717, 1.165) is 11.1 Å². The van der Waals surface area contributed by atoms with Crippen LogP contribution in [0.2, 0.25) is 5.02 Å². The van der Waals surface area contributed by atoms with Crippen LogP contribution >= 0.6 is 11.6 Å². The Kier molecular flexibility index (Phi) is 7.10. The summed E-state index contributed by atoms with van der Waals surface area (Å²) in [4.78, 5) is 11.0. The van der Waals surface area contributed by atoms with Crippen molar-refractivity contribution in [2.24, 2.45) is 5.10 Å². The van der Waals surface area contributed by atoms with E-state index in [9.17, 15) is 4.79 Å². The summed E-state index contributed by atoms with van der Waals surface area (Å²) < 4.78 is 15.9. The van der Waals surface area contributed by atoms with E-state index in [1.54, 1.807) is 18.2 Å². The third-order valence-electron chi connectivity index (χ3n) is 3.16. The molecule has 0 aliphatic rings. The van der Waals surface area contributed by atoms with Gasteiger partial charge in [0.2, 0.25) is 0 Å². The third kappa shape index (κ3) is 5.69. The van der Waals surface area contributed by atoms with Crippen LogP contribution in [0.15, 0.2) is 47.6 Å². The molecular weight excluding hydrogens is 344 g/mol. The molecule has 2 aromatic rings. The van der Waals surface area contributed by atoms with E-state index in [0.29, 0.717) is 29.7 Å². The van der Waals surface area contributed by atoms with Crippen LogP contribution in [0.3, 0.4) is 0 Å². The first-order valence-electron chi connectivity index (χ1n) is 7.64. The van der Waals surface area contributed by atoms with E-state index in [-0.39, 0.29) is 0 Å². The van der Waals surface area contributed by atoms with Crippen molar-refractivity contribution in [2.75, 3.05) is 13.7 Å². The van der Waals surface area contributed by atoms with Gasteiger partial charge in [-0.15, -0.1) is 0 Å². The highest BCUT2D eigenvalue weighted by molar-refractivity contribution is 6.31. The topological polar surface area (TPSA) is 69.2 Å². The first kappa shape index (κ1) is 18.6. The van der Waals surface area contributed by atoms with Gasteiger partial charge in [-0.1, -0.05) is 29.8 Å². The van der Waals surface area contributed by atoms with Gasteiger partial charge in [0, 0.05) is 10.6 Å². The van der Waals surface area contributed by atoms with Gasteiger partial charge in [-0.2, -0.15) is 5.10 Å². The maximum atomic E-state index is 11.0. The molecule has 0 aliphatic carbocycles. The zero-order valence-electron chi connectivity index (χ0n) is 14.0. The van der Waals surface area contributed by atoms with Gasteiger partial charge in [-0.25, -0.2) is 10.2 Å². The summed E-state index contributed by atoms with van der Waals surface area (Å²) in [6.07, 6.45) is 0.845. The fraction of sp³-hybridized carbons (Fsp3) is 0.222. The number of rotatable bonds is 7. The van der Waals surface area contributed by atoms with Gasteiger partial charge in [0.1, 0.15) is 6.61 Å². The molecule has 7 heteroatoms. The average molecular weight is 363 g/mol. The van der Waals surface area contributed by atoms with Crippen LogP contribution in [0.1, 0.15) is 18.1 Å². The molecule has 0 spiro atoms. The molecule has 2 aromatic carbocycles. The Balaban J connectivity index is 2.10. The second kappa shape index (κ2) is 9.54. The number of benzene rings is 2. The van der Waals surface area contributed by atoms with Gasteiger partial charge in [0.25, 0.3) is 0 Å². The molecule has 1 amide bonds. The molecule has 2 rings (SSSR count). The third-order valence-corrected chi connectivity index (χ3v) is 3.53. The van der Waals surface area contributed by atoms with Crippen LogP contribution in [0.25, 0.3) is 0 Å². The maximum Gasteiger partial charge on any atom is 0.427 e. The number of nitrogens with one attached hydrogen (secondary N) is 1. The standard InChI is InChI=1S/C18H19ClN2O4/c1-3-24-17-10-13(11-20-21-18(22)23-2)8-9-16(17)25-12-14-6-4-5-7-15(14)19/h4-11H,3,12H2,1-2H3,(H,21,22)/b20-11-. The van der Waals surface area contributed by atoms with E-state index in [1.165, 1.54) is 13.3 Å². The summed E-state index contributed by atoms with van der Waals surface area (Å²) in [5, 5.41) is 4.44. The van der Waals surface area contributed by atoms with Crippen LogP contribution in [0.5, 0.6) is 11.5 Å². The molecule has 0 radical (unpaired) electrons. The molecule has 0 fully saturated rings. The van der Waals surface area contributed by atoms with Crippen molar-refractivity contribution in [3.63, 3.8) is 0 Å². The summed E-state index contributed by atoms with van der Waals surface area (Å²) in [6.45, 7) is 2.71. The summed E-state index contributed by atoms with van der Waals surface area (Å²) in [7, 11) is 1.27. The van der Waals surface area contributed by atoms with Gasteiger partial charge in [-0.05, 0) is 36.8 Å². The Morgan fingerprint density at radius 2 is 2.00 bits per heavy atom. The smallest absolute Gasteiger partial charge is 0.427 e. The molecule has 25 heavy (non-hydrogen) atoms. The fourth-order valence-electron chi connectivity index (χ4n) is 1.97. The predicted molar refractivity (Wildman–Crippen MR) is 96.5 cm³/mol. The van der Waals surface area contributed by atoms with Crippen LogP contribution in [0, 0.1) is 0 Å². The number of halogens is 1. The maximum absolute atomic E-state index is 11.0. The number of hydrazone groups is 1. The van der Waals surface area contributed by atoms with Crippen LogP contribution in [-0.4, -0.2) is 26.0 Å². The SMILES string of the molecule is CCOc1cc(/C=N\NC(=O)OC)ccc1OCc1ccccc1Cl. The van der Waals surface area contributed by atoms with E-state index >= 15 is 0 Å². The molecule has 0 unspecified atom stereocenters.